The third-order valence-corrected chi connectivity index (χ3v) is 3.15. The smallest absolute Gasteiger partial charge is 0.269 e. The number of aromatic nitrogens is 1. The fourth-order valence-electron chi connectivity index (χ4n) is 1.89. The number of piperidine rings is 1. The van der Waals surface area contributed by atoms with Crippen LogP contribution in [0.25, 0.3) is 0 Å². The molecule has 1 aromatic rings. The molecule has 2 heterocycles. The Morgan fingerprint density at radius 3 is 2.67 bits per heavy atom. The number of hydrogen-bond acceptors (Lipinski definition) is 2. The van der Waals surface area contributed by atoms with E-state index in [2.05, 4.69) is 5.32 Å². The number of rotatable bonds is 1. The highest BCUT2D eigenvalue weighted by Gasteiger charge is 2.17. The monoisotopic (exact) mass is 246 g/mol. The topological polar surface area (TPSA) is 34.0 Å². The van der Waals surface area contributed by atoms with Crippen molar-refractivity contribution >= 4 is 23.2 Å². The van der Waals surface area contributed by atoms with E-state index in [0.717, 1.165) is 25.9 Å². The van der Waals surface area contributed by atoms with Gasteiger partial charge in [-0.2, -0.15) is 0 Å². The minimum atomic E-state index is -0.145. The van der Waals surface area contributed by atoms with Gasteiger partial charge in [0.15, 0.2) is 0 Å². The Morgan fingerprint density at radius 2 is 2.00 bits per heavy atom. The van der Waals surface area contributed by atoms with Crippen LogP contribution >= 0.6 is 23.2 Å². The molecule has 1 aromatic heterocycles. The molecular weight excluding hydrogens is 235 g/mol. The molecule has 1 aliphatic rings. The first-order valence-corrected chi connectivity index (χ1v) is 5.72. The van der Waals surface area contributed by atoms with Gasteiger partial charge < -0.3 is 9.88 Å². The third-order valence-electron chi connectivity index (χ3n) is 2.67. The first-order chi connectivity index (χ1) is 7.18. The Bertz CT molecular complexity index is 410. The zero-order chi connectivity index (χ0) is 10.8. The van der Waals surface area contributed by atoms with E-state index >= 15 is 0 Å². The minimum absolute atomic E-state index is 0.145. The molecule has 0 aromatic carbocycles. The zero-order valence-electron chi connectivity index (χ0n) is 8.17. The summed E-state index contributed by atoms with van der Waals surface area (Å²) in [5.41, 5.74) is -0.145. The Hall–Kier alpha value is -0.510. The molecule has 0 radical (unpaired) electrons. The Morgan fingerprint density at radius 1 is 1.33 bits per heavy atom. The molecule has 1 saturated heterocycles. The summed E-state index contributed by atoms with van der Waals surface area (Å²) in [7, 11) is 0. The van der Waals surface area contributed by atoms with E-state index in [9.17, 15) is 4.79 Å². The van der Waals surface area contributed by atoms with Gasteiger partial charge >= 0.3 is 0 Å². The lowest BCUT2D eigenvalue weighted by Crippen LogP contribution is -2.34. The van der Waals surface area contributed by atoms with Crippen molar-refractivity contribution < 1.29 is 0 Å². The average Bonchev–Trinajstić information content (AvgIpc) is 2.24. The first-order valence-electron chi connectivity index (χ1n) is 4.96. The number of halogens is 2. The van der Waals surface area contributed by atoms with Crippen LogP contribution in [0.3, 0.4) is 0 Å². The number of pyridine rings is 1. The van der Waals surface area contributed by atoms with Crippen LogP contribution in [-0.4, -0.2) is 17.7 Å². The van der Waals surface area contributed by atoms with Crippen molar-refractivity contribution in [2.75, 3.05) is 13.1 Å². The summed E-state index contributed by atoms with van der Waals surface area (Å²) in [5.74, 6) is 0. The van der Waals surface area contributed by atoms with Crippen molar-refractivity contribution in [3.63, 3.8) is 0 Å². The Labute approximate surface area is 98.0 Å². The molecule has 82 valence electrons. The molecule has 1 N–H and O–H groups in total. The fourth-order valence-corrected chi connectivity index (χ4v) is 2.38. The quantitative estimate of drug-likeness (QED) is 0.824. The summed E-state index contributed by atoms with van der Waals surface area (Å²) in [5, 5.41) is 3.96. The third kappa shape index (κ3) is 2.36. The van der Waals surface area contributed by atoms with Gasteiger partial charge in [0.05, 0.1) is 5.02 Å². The lowest BCUT2D eigenvalue weighted by molar-refractivity contribution is 0.361. The predicted octanol–water partition coefficient (Wildman–Crippen LogP) is 2.08. The maximum absolute atomic E-state index is 11.8. The lowest BCUT2D eigenvalue weighted by atomic mass is 10.1. The van der Waals surface area contributed by atoms with Gasteiger partial charge in [-0.25, -0.2) is 0 Å². The van der Waals surface area contributed by atoms with E-state index in [-0.39, 0.29) is 16.6 Å². The highest BCUT2D eigenvalue weighted by atomic mass is 35.5. The van der Waals surface area contributed by atoms with Crippen molar-refractivity contribution in [3.8, 4) is 0 Å². The largest absolute Gasteiger partial charge is 0.317 e. The van der Waals surface area contributed by atoms with Gasteiger partial charge in [-0.15, -0.1) is 0 Å². The van der Waals surface area contributed by atoms with E-state index < -0.39 is 0 Å². The highest BCUT2D eigenvalue weighted by Crippen LogP contribution is 2.20. The van der Waals surface area contributed by atoms with Crippen molar-refractivity contribution in [1.29, 1.82) is 0 Å². The number of nitrogens with zero attached hydrogens (tertiary/aromatic N) is 1. The van der Waals surface area contributed by atoms with E-state index in [4.69, 9.17) is 23.2 Å². The number of nitrogens with one attached hydrogen (secondary N) is 1. The molecule has 0 unspecified atom stereocenters. The van der Waals surface area contributed by atoms with Crippen LogP contribution in [0.15, 0.2) is 17.1 Å². The molecule has 1 fully saturated rings. The van der Waals surface area contributed by atoms with Crippen LogP contribution in [0.1, 0.15) is 18.9 Å². The molecule has 0 amide bonds. The van der Waals surface area contributed by atoms with Crippen LogP contribution in [0.2, 0.25) is 10.0 Å². The Balaban J connectivity index is 2.38. The first kappa shape index (κ1) is 11.0. The summed E-state index contributed by atoms with van der Waals surface area (Å²) in [4.78, 5) is 11.8. The van der Waals surface area contributed by atoms with E-state index in [1.165, 1.54) is 6.07 Å². The molecule has 1 aliphatic heterocycles. The SMILES string of the molecule is O=c1c(Cl)cc(Cl)cn1C1CCNCC1. The molecule has 3 nitrogen and oxygen atoms in total. The Kier molecular flexibility index (Phi) is 3.34. The van der Waals surface area contributed by atoms with E-state index in [1.807, 2.05) is 0 Å². The van der Waals surface area contributed by atoms with Gasteiger partial charge in [-0.3, -0.25) is 4.79 Å². The van der Waals surface area contributed by atoms with Crippen LogP contribution in [0.4, 0.5) is 0 Å². The normalized spacial score (nSPS) is 18.0. The average molecular weight is 247 g/mol. The molecular formula is C10H12Cl2N2O. The van der Waals surface area contributed by atoms with E-state index in [1.54, 1.807) is 10.8 Å². The predicted molar refractivity (Wildman–Crippen MR) is 61.9 cm³/mol. The van der Waals surface area contributed by atoms with Gasteiger partial charge in [0.25, 0.3) is 5.56 Å². The van der Waals surface area contributed by atoms with E-state index in [0.29, 0.717) is 5.02 Å². The molecule has 15 heavy (non-hydrogen) atoms. The maximum atomic E-state index is 11.8. The molecule has 0 saturated carbocycles. The molecule has 0 atom stereocenters. The van der Waals surface area contributed by atoms with Gasteiger partial charge in [0, 0.05) is 12.2 Å². The van der Waals surface area contributed by atoms with Crippen LogP contribution in [0.5, 0.6) is 0 Å². The fraction of sp³-hybridized carbons (Fsp3) is 0.500. The second-order valence-corrected chi connectivity index (χ2v) is 4.54. The van der Waals surface area contributed by atoms with Gasteiger partial charge in [-0.1, -0.05) is 23.2 Å². The summed E-state index contributed by atoms with van der Waals surface area (Å²) in [6, 6.07) is 1.71. The summed E-state index contributed by atoms with van der Waals surface area (Å²) in [6.45, 7) is 1.86. The molecule has 2 rings (SSSR count). The molecule has 0 aliphatic carbocycles. The van der Waals surface area contributed by atoms with Gasteiger partial charge in [-0.05, 0) is 32.0 Å². The summed E-state index contributed by atoms with van der Waals surface area (Å²) < 4.78 is 1.66. The second-order valence-electron chi connectivity index (χ2n) is 3.70. The van der Waals surface area contributed by atoms with Crippen molar-refractivity contribution in [2.45, 2.75) is 18.9 Å². The standard InChI is InChI=1S/C10H12Cl2N2O/c11-7-5-9(12)10(15)14(6-7)8-1-3-13-4-2-8/h5-6,8,13H,1-4H2. The molecule has 0 bridgehead atoms. The van der Waals surface area contributed by atoms with Crippen LogP contribution in [-0.2, 0) is 0 Å². The van der Waals surface area contributed by atoms with Crippen LogP contribution in [0, 0.1) is 0 Å². The van der Waals surface area contributed by atoms with Gasteiger partial charge in [0.1, 0.15) is 5.02 Å². The molecule has 0 spiro atoms. The van der Waals surface area contributed by atoms with Crippen molar-refractivity contribution in [3.05, 3.63) is 32.7 Å². The minimum Gasteiger partial charge on any atom is -0.317 e. The second kappa shape index (κ2) is 4.56. The zero-order valence-corrected chi connectivity index (χ0v) is 9.68. The highest BCUT2D eigenvalue weighted by molar-refractivity contribution is 6.34. The van der Waals surface area contributed by atoms with Gasteiger partial charge in [0.2, 0.25) is 0 Å². The maximum Gasteiger partial charge on any atom is 0.269 e. The van der Waals surface area contributed by atoms with Crippen LogP contribution < -0.4 is 10.9 Å². The van der Waals surface area contributed by atoms with Crippen molar-refractivity contribution in [1.82, 2.24) is 9.88 Å². The number of hydrogen-bond donors (Lipinski definition) is 1. The van der Waals surface area contributed by atoms with Crippen molar-refractivity contribution in [2.24, 2.45) is 0 Å². The molecule has 5 heteroatoms. The lowest BCUT2D eigenvalue weighted by Gasteiger charge is -2.24. The summed E-state index contributed by atoms with van der Waals surface area (Å²) in [6.07, 6.45) is 3.55. The summed E-state index contributed by atoms with van der Waals surface area (Å²) >= 11 is 11.7.